The molecule has 0 aromatic heterocycles. The van der Waals surface area contributed by atoms with Gasteiger partial charge in [0.2, 0.25) is 0 Å². The number of rotatable bonds is 14. The molecule has 0 spiro atoms. The Morgan fingerprint density at radius 3 is 1.47 bits per heavy atom. The summed E-state index contributed by atoms with van der Waals surface area (Å²) in [6.07, 6.45) is 1.08. The van der Waals surface area contributed by atoms with Crippen molar-refractivity contribution in [3.63, 3.8) is 0 Å². The fourth-order valence-corrected chi connectivity index (χ4v) is 7.12. The minimum atomic E-state index is -0.108. The van der Waals surface area contributed by atoms with E-state index in [0.717, 1.165) is 57.1 Å². The van der Waals surface area contributed by atoms with Crippen LogP contribution < -0.4 is 9.80 Å². The third-order valence-electron chi connectivity index (χ3n) is 9.82. The zero-order valence-electron chi connectivity index (χ0n) is 25.5. The van der Waals surface area contributed by atoms with Crippen molar-refractivity contribution >= 4 is 34.0 Å². The molecule has 4 unspecified atom stereocenters. The van der Waals surface area contributed by atoms with Crippen molar-refractivity contribution in [1.29, 1.82) is 0 Å². The molecule has 6 nitrogen and oxygen atoms in total. The van der Waals surface area contributed by atoms with E-state index in [2.05, 4.69) is 126 Å². The maximum atomic E-state index is 5.54. The highest BCUT2D eigenvalue weighted by atomic mass is 127. The van der Waals surface area contributed by atoms with Crippen molar-refractivity contribution in [2.24, 2.45) is 0 Å². The molecule has 4 heterocycles. The first-order valence-corrected chi connectivity index (χ1v) is 17.2. The first-order valence-electron chi connectivity index (χ1n) is 15.7. The number of hydrogen-bond acceptors (Lipinski definition) is 6. The van der Waals surface area contributed by atoms with Crippen LogP contribution in [-0.2, 0) is 29.8 Å². The van der Waals surface area contributed by atoms with Gasteiger partial charge in [-0.25, -0.2) is 0 Å². The van der Waals surface area contributed by atoms with E-state index < -0.39 is 0 Å². The molecule has 0 saturated carbocycles. The van der Waals surface area contributed by atoms with Crippen LogP contribution in [0.5, 0.6) is 0 Å². The third-order valence-corrected chi connectivity index (χ3v) is 11.3. The number of halogens is 1. The summed E-state index contributed by atoms with van der Waals surface area (Å²) in [6, 6.07) is 28.1. The Labute approximate surface area is 269 Å². The van der Waals surface area contributed by atoms with E-state index >= 15 is 0 Å². The van der Waals surface area contributed by atoms with Crippen molar-refractivity contribution in [2.75, 3.05) is 66.9 Å². The Bertz CT molecular complexity index is 1370. The van der Waals surface area contributed by atoms with Crippen molar-refractivity contribution < 1.29 is 18.9 Å². The molecule has 3 aromatic rings. The normalized spacial score (nSPS) is 24.1. The highest BCUT2D eigenvalue weighted by Gasteiger charge is 2.35. The van der Waals surface area contributed by atoms with E-state index in [4.69, 9.17) is 18.9 Å². The summed E-state index contributed by atoms with van der Waals surface area (Å²) >= 11 is 2.55. The predicted octanol–water partition coefficient (Wildman–Crippen LogP) is 5.96. The number of epoxide rings is 3. The van der Waals surface area contributed by atoms with Crippen LogP contribution in [-0.4, -0.2) is 81.4 Å². The van der Waals surface area contributed by atoms with E-state index in [9.17, 15) is 0 Å². The molecule has 0 aliphatic carbocycles. The van der Waals surface area contributed by atoms with Crippen molar-refractivity contribution in [1.82, 2.24) is 0 Å². The fraction of sp³-hybridized carbons (Fsp3) is 0.500. The summed E-state index contributed by atoms with van der Waals surface area (Å²) in [5.41, 5.74) is 7.66. The van der Waals surface area contributed by atoms with E-state index in [1.165, 1.54) is 33.6 Å². The molecule has 228 valence electrons. The molecule has 4 fully saturated rings. The van der Waals surface area contributed by atoms with Crippen molar-refractivity contribution in [2.45, 2.75) is 56.0 Å². The smallest absolute Gasteiger partial charge is 0.0984 e. The zero-order chi connectivity index (χ0) is 29.6. The quantitative estimate of drug-likeness (QED) is 0.118. The summed E-state index contributed by atoms with van der Waals surface area (Å²) in [7, 11) is 0. The number of nitrogens with zero attached hydrogens (tertiary/aromatic N) is 2. The number of ether oxygens (including phenoxy) is 4. The second-order valence-electron chi connectivity index (χ2n) is 13.4. The minimum Gasteiger partial charge on any atom is -0.377 e. The second kappa shape index (κ2) is 12.0. The molecule has 43 heavy (non-hydrogen) atoms. The SMILES string of the molecule is CC(C)(c1ccc(N(CC2CO2)CC2CO2)cc1)c1ccc(C(C)(CI)c2ccc(N(CC3CO3)C3COC3)cc2)cc1. The van der Waals surface area contributed by atoms with Crippen LogP contribution in [0.25, 0.3) is 0 Å². The van der Waals surface area contributed by atoms with Gasteiger partial charge in [-0.05, 0) is 46.5 Å². The Kier molecular flexibility index (Phi) is 8.22. The Hall–Kier alpha value is -2.17. The molecule has 7 heteroatoms. The van der Waals surface area contributed by atoms with Gasteiger partial charge in [-0.2, -0.15) is 0 Å². The molecule has 4 atom stereocenters. The van der Waals surface area contributed by atoms with Gasteiger partial charge in [-0.3, -0.25) is 0 Å². The lowest BCUT2D eigenvalue weighted by Crippen LogP contribution is -2.50. The number of alkyl halides is 1. The van der Waals surface area contributed by atoms with Gasteiger partial charge in [0.1, 0.15) is 0 Å². The summed E-state index contributed by atoms with van der Waals surface area (Å²) in [4.78, 5) is 4.88. The van der Waals surface area contributed by atoms with Gasteiger partial charge in [-0.1, -0.05) is 91.9 Å². The molecule has 7 rings (SSSR count). The highest BCUT2D eigenvalue weighted by molar-refractivity contribution is 14.1. The second-order valence-corrected chi connectivity index (χ2v) is 14.1. The lowest BCUT2D eigenvalue weighted by molar-refractivity contribution is 0.00764. The highest BCUT2D eigenvalue weighted by Crippen LogP contribution is 2.38. The van der Waals surface area contributed by atoms with Crippen LogP contribution in [0, 0.1) is 0 Å². The monoisotopic (exact) mass is 694 g/mol. The number of hydrogen-bond donors (Lipinski definition) is 0. The summed E-state index contributed by atoms with van der Waals surface area (Å²) in [6.45, 7) is 14.1. The van der Waals surface area contributed by atoms with Gasteiger partial charge in [0.05, 0.1) is 57.4 Å². The first-order chi connectivity index (χ1) is 20.8. The molecule has 0 bridgehead atoms. The molecular formula is C36H43IN2O4. The van der Waals surface area contributed by atoms with Gasteiger partial charge in [-0.15, -0.1) is 0 Å². The van der Waals surface area contributed by atoms with Gasteiger partial charge >= 0.3 is 0 Å². The Morgan fingerprint density at radius 1 is 0.605 bits per heavy atom. The van der Waals surface area contributed by atoms with Crippen LogP contribution in [0.1, 0.15) is 43.0 Å². The van der Waals surface area contributed by atoms with Crippen LogP contribution in [0.3, 0.4) is 0 Å². The topological polar surface area (TPSA) is 53.3 Å². The van der Waals surface area contributed by atoms with Crippen LogP contribution >= 0.6 is 22.6 Å². The molecule has 4 saturated heterocycles. The molecule has 4 aliphatic heterocycles. The zero-order valence-corrected chi connectivity index (χ0v) is 27.7. The minimum absolute atomic E-state index is 0.0760. The maximum Gasteiger partial charge on any atom is 0.0984 e. The van der Waals surface area contributed by atoms with E-state index in [1.54, 1.807) is 0 Å². The van der Waals surface area contributed by atoms with Crippen LogP contribution in [0.2, 0.25) is 0 Å². The molecule has 4 aliphatic rings. The molecular weight excluding hydrogens is 651 g/mol. The molecule has 0 N–H and O–H groups in total. The van der Waals surface area contributed by atoms with Gasteiger partial charge in [0.25, 0.3) is 0 Å². The lowest BCUT2D eigenvalue weighted by atomic mass is 9.74. The standard InChI is InChI=1S/C36H43IN2O4/c1-35(2,26-8-12-29(13-9-26)38(16-32-21-41-32)17-33-22-42-33)25-4-6-27(7-5-25)36(3,24-37)28-10-14-30(15-11-28)39(18-34-23-43-34)31-19-40-20-31/h4-15,31-34H,16-24H2,1-3H3. The van der Waals surface area contributed by atoms with E-state index in [1.807, 2.05) is 0 Å². The van der Waals surface area contributed by atoms with E-state index in [0.29, 0.717) is 24.4 Å². The predicted molar refractivity (Wildman–Crippen MR) is 180 cm³/mol. The average Bonchev–Trinajstić information content (AvgIpc) is 3.84. The maximum absolute atomic E-state index is 5.54. The van der Waals surface area contributed by atoms with Gasteiger partial charge < -0.3 is 28.7 Å². The van der Waals surface area contributed by atoms with Crippen LogP contribution in [0.4, 0.5) is 11.4 Å². The average molecular weight is 695 g/mol. The third kappa shape index (κ3) is 6.47. The van der Waals surface area contributed by atoms with Crippen molar-refractivity contribution in [3.8, 4) is 0 Å². The van der Waals surface area contributed by atoms with Gasteiger partial charge in [0.15, 0.2) is 0 Å². The van der Waals surface area contributed by atoms with Crippen LogP contribution in [0.15, 0.2) is 72.8 Å². The first kappa shape index (κ1) is 29.5. The van der Waals surface area contributed by atoms with E-state index in [-0.39, 0.29) is 10.8 Å². The summed E-state index contributed by atoms with van der Waals surface area (Å²) in [5, 5.41) is 0. The summed E-state index contributed by atoms with van der Waals surface area (Å²) < 4.78 is 23.1. The lowest BCUT2D eigenvalue weighted by Gasteiger charge is -2.39. The largest absolute Gasteiger partial charge is 0.377 e. The molecule has 3 aromatic carbocycles. The Morgan fingerprint density at radius 2 is 1.02 bits per heavy atom. The Balaban J connectivity index is 1.07. The number of benzene rings is 3. The van der Waals surface area contributed by atoms with Crippen molar-refractivity contribution in [3.05, 3.63) is 95.1 Å². The molecule has 0 radical (unpaired) electrons. The number of anilines is 2. The molecule has 0 amide bonds. The fourth-order valence-electron chi connectivity index (χ4n) is 6.24. The van der Waals surface area contributed by atoms with Gasteiger partial charge in [0, 0.05) is 46.3 Å². The summed E-state index contributed by atoms with van der Waals surface area (Å²) in [5.74, 6) is 0.